The maximum atomic E-state index is 13.0. The Morgan fingerprint density at radius 2 is 1.88 bits per heavy atom. The molecule has 32 heavy (non-hydrogen) atoms. The van der Waals surface area contributed by atoms with Crippen molar-refractivity contribution in [2.45, 2.75) is 32.4 Å². The average molecular weight is 452 g/mol. The number of nitrogens with zero attached hydrogens (tertiary/aromatic N) is 5. The van der Waals surface area contributed by atoms with Gasteiger partial charge in [-0.05, 0) is 31.2 Å². The number of aryl methyl sites for hydroxylation is 1. The molecule has 0 N–H and O–H groups in total. The molecule has 8 heteroatoms. The predicted molar refractivity (Wildman–Crippen MR) is 124 cm³/mol. The maximum Gasteiger partial charge on any atom is 0.241 e. The van der Waals surface area contributed by atoms with Crippen LogP contribution in [0.3, 0.4) is 0 Å². The number of amides is 1. The average Bonchev–Trinajstić information content (AvgIpc) is 3.57. The maximum absolute atomic E-state index is 13.0. The third-order valence-corrected chi connectivity index (χ3v) is 7.38. The highest BCUT2D eigenvalue weighted by Gasteiger charge is 2.32. The van der Waals surface area contributed by atoms with Crippen LogP contribution in [0.2, 0.25) is 0 Å². The van der Waals surface area contributed by atoms with E-state index < -0.39 is 0 Å². The van der Waals surface area contributed by atoms with Crippen LogP contribution in [0.15, 0.2) is 46.3 Å². The highest BCUT2D eigenvalue weighted by atomic mass is 32.1. The fourth-order valence-corrected chi connectivity index (χ4v) is 5.43. The zero-order valence-electron chi connectivity index (χ0n) is 18.4. The molecule has 1 aromatic carbocycles. The molecule has 0 radical (unpaired) electrons. The second-order valence-electron chi connectivity index (χ2n) is 8.69. The largest absolute Gasteiger partial charge is 0.338 e. The van der Waals surface area contributed by atoms with Gasteiger partial charge in [-0.1, -0.05) is 41.1 Å². The molecule has 2 aliphatic rings. The Bertz CT molecular complexity index is 1030. The molecule has 3 aromatic rings. The van der Waals surface area contributed by atoms with Crippen molar-refractivity contribution >= 4 is 17.2 Å². The number of piperazine rings is 1. The van der Waals surface area contributed by atoms with Gasteiger partial charge in [-0.3, -0.25) is 14.6 Å². The molecule has 5 rings (SSSR count). The summed E-state index contributed by atoms with van der Waals surface area (Å²) < 4.78 is 5.48. The first-order valence-corrected chi connectivity index (χ1v) is 12.2. The molecular formula is C24H29N5O2S. The smallest absolute Gasteiger partial charge is 0.241 e. The summed E-state index contributed by atoms with van der Waals surface area (Å²) in [6, 6.07) is 12.6. The minimum absolute atomic E-state index is 0.258. The highest BCUT2D eigenvalue weighted by Crippen LogP contribution is 2.34. The van der Waals surface area contributed by atoms with E-state index >= 15 is 0 Å². The standard InChI is InChI=1S/C24H29N5O2S/c1-18-6-8-19(9-7-18)24-25-22(31-26-24)16-27-11-13-28(14-12-27)17-23(30)29-10-2-4-20(29)21-5-3-15-32-21/h3,5-9,15,20H,2,4,10-14,16-17H2,1H3. The molecule has 1 unspecified atom stereocenters. The Balaban J connectivity index is 1.11. The zero-order valence-corrected chi connectivity index (χ0v) is 19.3. The monoisotopic (exact) mass is 451 g/mol. The van der Waals surface area contributed by atoms with Crippen LogP contribution in [-0.2, 0) is 11.3 Å². The highest BCUT2D eigenvalue weighted by molar-refractivity contribution is 7.10. The summed E-state index contributed by atoms with van der Waals surface area (Å²) in [5.74, 6) is 1.53. The third kappa shape index (κ3) is 4.77. The number of aromatic nitrogens is 2. The molecule has 7 nitrogen and oxygen atoms in total. The SMILES string of the molecule is Cc1ccc(-c2noc(CN3CCN(CC(=O)N4CCCC4c4cccs4)CC3)n2)cc1. The normalized spacial score (nSPS) is 20.2. The lowest BCUT2D eigenvalue weighted by atomic mass is 10.1. The van der Waals surface area contributed by atoms with E-state index in [0.29, 0.717) is 24.8 Å². The minimum atomic E-state index is 0.258. The Hall–Kier alpha value is -2.55. The Labute approximate surface area is 192 Å². The molecule has 4 heterocycles. The van der Waals surface area contributed by atoms with Crippen molar-refractivity contribution in [2.24, 2.45) is 0 Å². The van der Waals surface area contributed by atoms with Gasteiger partial charge in [0, 0.05) is 43.2 Å². The van der Waals surface area contributed by atoms with Gasteiger partial charge in [0.05, 0.1) is 19.1 Å². The molecule has 0 bridgehead atoms. The summed E-state index contributed by atoms with van der Waals surface area (Å²) in [6.07, 6.45) is 2.17. The van der Waals surface area contributed by atoms with E-state index in [-0.39, 0.29) is 11.9 Å². The van der Waals surface area contributed by atoms with Gasteiger partial charge in [-0.25, -0.2) is 0 Å². The fraction of sp³-hybridized carbons (Fsp3) is 0.458. The van der Waals surface area contributed by atoms with E-state index in [1.54, 1.807) is 11.3 Å². The minimum Gasteiger partial charge on any atom is -0.338 e. The molecule has 0 spiro atoms. The van der Waals surface area contributed by atoms with E-state index in [2.05, 4.69) is 61.4 Å². The second kappa shape index (κ2) is 9.52. The zero-order chi connectivity index (χ0) is 21.9. The molecule has 1 atom stereocenters. The van der Waals surface area contributed by atoms with Gasteiger partial charge in [0.15, 0.2) is 0 Å². The summed E-state index contributed by atoms with van der Waals surface area (Å²) in [6.45, 7) is 7.63. The molecule has 0 aliphatic carbocycles. The number of rotatable bonds is 6. The summed E-state index contributed by atoms with van der Waals surface area (Å²) in [5, 5.41) is 6.24. The van der Waals surface area contributed by atoms with Gasteiger partial charge in [0.25, 0.3) is 0 Å². The first-order valence-electron chi connectivity index (χ1n) is 11.3. The number of benzene rings is 1. The van der Waals surface area contributed by atoms with Crippen LogP contribution in [-0.4, -0.2) is 70.0 Å². The van der Waals surface area contributed by atoms with Crippen molar-refractivity contribution in [2.75, 3.05) is 39.3 Å². The van der Waals surface area contributed by atoms with Crippen LogP contribution in [0.5, 0.6) is 0 Å². The second-order valence-corrected chi connectivity index (χ2v) is 9.67. The number of hydrogen-bond donors (Lipinski definition) is 0. The number of likely N-dealkylation sites (tertiary alicyclic amines) is 1. The van der Waals surface area contributed by atoms with Crippen LogP contribution in [0.4, 0.5) is 0 Å². The lowest BCUT2D eigenvalue weighted by Crippen LogP contribution is -2.49. The van der Waals surface area contributed by atoms with Crippen molar-refractivity contribution in [3.63, 3.8) is 0 Å². The van der Waals surface area contributed by atoms with Gasteiger partial charge in [-0.15, -0.1) is 11.3 Å². The number of carbonyl (C=O) groups is 1. The molecule has 2 saturated heterocycles. The van der Waals surface area contributed by atoms with Gasteiger partial charge in [-0.2, -0.15) is 4.98 Å². The Kier molecular flexibility index (Phi) is 6.34. The summed E-state index contributed by atoms with van der Waals surface area (Å²) in [7, 11) is 0. The van der Waals surface area contributed by atoms with E-state index in [1.165, 1.54) is 10.4 Å². The number of hydrogen-bond acceptors (Lipinski definition) is 7. The summed E-state index contributed by atoms with van der Waals surface area (Å²) in [4.78, 5) is 25.5. The van der Waals surface area contributed by atoms with Crippen molar-refractivity contribution in [1.29, 1.82) is 0 Å². The fourth-order valence-electron chi connectivity index (χ4n) is 4.56. The molecule has 0 saturated carbocycles. The topological polar surface area (TPSA) is 65.7 Å². The molecule has 168 valence electrons. The molecule has 2 aliphatic heterocycles. The van der Waals surface area contributed by atoms with Gasteiger partial charge in [0.1, 0.15) is 0 Å². The van der Waals surface area contributed by atoms with Crippen molar-refractivity contribution in [1.82, 2.24) is 24.8 Å². The molecule has 1 amide bonds. The molecule has 2 fully saturated rings. The molecular weight excluding hydrogens is 422 g/mol. The Morgan fingerprint density at radius 3 is 2.62 bits per heavy atom. The van der Waals surface area contributed by atoms with Crippen molar-refractivity contribution in [3.05, 3.63) is 58.1 Å². The van der Waals surface area contributed by atoms with Gasteiger partial charge >= 0.3 is 0 Å². The van der Waals surface area contributed by atoms with E-state index in [1.807, 2.05) is 12.1 Å². The van der Waals surface area contributed by atoms with Crippen LogP contribution in [0.25, 0.3) is 11.4 Å². The van der Waals surface area contributed by atoms with E-state index in [4.69, 9.17) is 4.52 Å². The van der Waals surface area contributed by atoms with Gasteiger partial charge in [0.2, 0.25) is 17.6 Å². The van der Waals surface area contributed by atoms with Crippen molar-refractivity contribution < 1.29 is 9.32 Å². The third-order valence-electron chi connectivity index (χ3n) is 6.41. The van der Waals surface area contributed by atoms with Crippen LogP contribution in [0, 0.1) is 6.92 Å². The Morgan fingerprint density at radius 1 is 1.09 bits per heavy atom. The van der Waals surface area contributed by atoms with E-state index in [0.717, 1.165) is 51.1 Å². The van der Waals surface area contributed by atoms with Gasteiger partial charge < -0.3 is 9.42 Å². The van der Waals surface area contributed by atoms with E-state index in [9.17, 15) is 4.79 Å². The lowest BCUT2D eigenvalue weighted by molar-refractivity contribution is -0.133. The van der Waals surface area contributed by atoms with Crippen LogP contribution in [0.1, 0.15) is 35.2 Å². The lowest BCUT2D eigenvalue weighted by Gasteiger charge is -2.35. The summed E-state index contributed by atoms with van der Waals surface area (Å²) in [5.41, 5.74) is 2.18. The van der Waals surface area contributed by atoms with Crippen LogP contribution >= 0.6 is 11.3 Å². The molecule has 2 aromatic heterocycles. The summed E-state index contributed by atoms with van der Waals surface area (Å²) >= 11 is 1.76. The quantitative estimate of drug-likeness (QED) is 0.571. The van der Waals surface area contributed by atoms with Crippen LogP contribution < -0.4 is 0 Å². The first-order chi connectivity index (χ1) is 15.7. The predicted octanol–water partition coefficient (Wildman–Crippen LogP) is 3.59. The number of thiophene rings is 1. The number of carbonyl (C=O) groups excluding carboxylic acids is 1. The van der Waals surface area contributed by atoms with Crippen molar-refractivity contribution in [3.8, 4) is 11.4 Å². The first kappa shape index (κ1) is 21.3.